The van der Waals surface area contributed by atoms with Crippen molar-refractivity contribution in [2.75, 3.05) is 12.3 Å². The Balaban J connectivity index is 2.43. The Labute approximate surface area is 112 Å². The molecule has 0 aromatic carbocycles. The number of amides is 1. The van der Waals surface area contributed by atoms with Gasteiger partial charge in [0, 0.05) is 23.5 Å². The number of nitrogens with two attached hydrogens (primary N) is 1. The van der Waals surface area contributed by atoms with E-state index in [-0.39, 0.29) is 5.91 Å². The van der Waals surface area contributed by atoms with Crippen LogP contribution in [0.25, 0.3) is 0 Å². The number of aromatic nitrogens is 2. The van der Waals surface area contributed by atoms with Crippen molar-refractivity contribution >= 4 is 17.7 Å². The molecule has 0 bridgehead atoms. The zero-order valence-electron chi connectivity index (χ0n) is 11.3. The Bertz CT molecular complexity index is 408. The third kappa shape index (κ3) is 5.97. The first-order chi connectivity index (χ1) is 8.26. The van der Waals surface area contributed by atoms with Crippen LogP contribution in [0.2, 0.25) is 0 Å². The quantitative estimate of drug-likeness (QED) is 0.616. The van der Waals surface area contributed by atoms with E-state index >= 15 is 0 Å². The first-order valence-electron chi connectivity index (χ1n) is 5.77. The maximum atomic E-state index is 11.6. The summed E-state index contributed by atoms with van der Waals surface area (Å²) in [7, 11) is 0. The van der Waals surface area contributed by atoms with Crippen LogP contribution in [0.4, 0.5) is 0 Å². The fraction of sp³-hybridized carbons (Fsp3) is 0.583. The minimum atomic E-state index is -0.392. The first kappa shape index (κ1) is 14.9. The Morgan fingerprint density at radius 1 is 1.39 bits per heavy atom. The van der Waals surface area contributed by atoms with E-state index in [1.807, 2.05) is 33.8 Å². The summed E-state index contributed by atoms with van der Waals surface area (Å²) in [6, 6.07) is 1.90. The van der Waals surface area contributed by atoms with Crippen molar-refractivity contribution in [2.24, 2.45) is 5.73 Å². The Hall–Kier alpha value is -1.14. The van der Waals surface area contributed by atoms with Crippen molar-refractivity contribution in [3.8, 4) is 0 Å². The molecule has 0 unspecified atom stereocenters. The van der Waals surface area contributed by atoms with E-state index in [4.69, 9.17) is 5.73 Å². The van der Waals surface area contributed by atoms with Crippen LogP contribution in [-0.2, 0) is 4.79 Å². The molecule has 0 saturated heterocycles. The van der Waals surface area contributed by atoms with Crippen LogP contribution in [0.15, 0.2) is 11.2 Å². The molecule has 0 aliphatic heterocycles. The van der Waals surface area contributed by atoms with E-state index in [2.05, 4.69) is 15.3 Å². The van der Waals surface area contributed by atoms with Gasteiger partial charge < -0.3 is 11.1 Å². The zero-order valence-corrected chi connectivity index (χ0v) is 12.1. The van der Waals surface area contributed by atoms with Crippen LogP contribution >= 0.6 is 11.8 Å². The molecule has 1 aromatic rings. The number of nitrogens with zero attached hydrogens (tertiary/aromatic N) is 2. The standard InChI is InChI=1S/C12H20N4OS/c1-8-5-9(2)16-11(15-8)18-6-10(17)14-7-12(3,4)13/h5H,6-7,13H2,1-4H3,(H,14,17). The Kier molecular flexibility index (Phi) is 5.10. The molecule has 0 atom stereocenters. The molecular weight excluding hydrogens is 248 g/mol. The molecule has 3 N–H and O–H groups in total. The number of hydrogen-bond donors (Lipinski definition) is 2. The van der Waals surface area contributed by atoms with Gasteiger partial charge in [0.2, 0.25) is 5.91 Å². The molecule has 18 heavy (non-hydrogen) atoms. The minimum absolute atomic E-state index is 0.0544. The topological polar surface area (TPSA) is 80.9 Å². The molecule has 5 nitrogen and oxygen atoms in total. The monoisotopic (exact) mass is 268 g/mol. The van der Waals surface area contributed by atoms with E-state index < -0.39 is 5.54 Å². The second-order valence-electron chi connectivity index (χ2n) is 4.99. The molecule has 0 aliphatic rings. The normalized spacial score (nSPS) is 11.4. The van der Waals surface area contributed by atoms with Gasteiger partial charge >= 0.3 is 0 Å². The van der Waals surface area contributed by atoms with Gasteiger partial charge in [-0.3, -0.25) is 4.79 Å². The lowest BCUT2D eigenvalue weighted by molar-refractivity contribution is -0.118. The number of rotatable bonds is 5. The van der Waals surface area contributed by atoms with Gasteiger partial charge in [0.1, 0.15) is 0 Å². The molecule has 100 valence electrons. The van der Waals surface area contributed by atoms with Gasteiger partial charge in [-0.05, 0) is 33.8 Å². The molecular formula is C12H20N4OS. The summed E-state index contributed by atoms with van der Waals surface area (Å²) in [5, 5.41) is 3.42. The third-order valence-electron chi connectivity index (χ3n) is 2.04. The summed E-state index contributed by atoms with van der Waals surface area (Å²) in [4.78, 5) is 20.1. The van der Waals surface area contributed by atoms with Gasteiger partial charge in [0.25, 0.3) is 0 Å². The molecule has 0 fully saturated rings. The molecule has 1 amide bonds. The average molecular weight is 268 g/mol. The fourth-order valence-electron chi connectivity index (χ4n) is 1.27. The van der Waals surface area contributed by atoms with Gasteiger partial charge in [-0.2, -0.15) is 0 Å². The van der Waals surface area contributed by atoms with E-state index in [0.29, 0.717) is 17.5 Å². The van der Waals surface area contributed by atoms with Crippen LogP contribution in [0.1, 0.15) is 25.2 Å². The van der Waals surface area contributed by atoms with E-state index in [1.165, 1.54) is 11.8 Å². The van der Waals surface area contributed by atoms with Crippen LogP contribution in [-0.4, -0.2) is 33.7 Å². The molecule has 1 rings (SSSR count). The van der Waals surface area contributed by atoms with Crippen molar-refractivity contribution in [3.05, 3.63) is 17.5 Å². The van der Waals surface area contributed by atoms with Crippen LogP contribution in [0, 0.1) is 13.8 Å². The molecule has 0 aliphatic carbocycles. The average Bonchev–Trinajstić information content (AvgIpc) is 2.21. The summed E-state index contributed by atoms with van der Waals surface area (Å²) >= 11 is 1.33. The maximum absolute atomic E-state index is 11.6. The highest BCUT2D eigenvalue weighted by molar-refractivity contribution is 7.99. The number of carbonyl (C=O) groups is 1. The maximum Gasteiger partial charge on any atom is 0.230 e. The van der Waals surface area contributed by atoms with Crippen LogP contribution < -0.4 is 11.1 Å². The number of nitrogens with one attached hydrogen (secondary N) is 1. The van der Waals surface area contributed by atoms with Gasteiger partial charge in [-0.15, -0.1) is 0 Å². The molecule has 1 aromatic heterocycles. The number of hydrogen-bond acceptors (Lipinski definition) is 5. The zero-order chi connectivity index (χ0) is 13.8. The van der Waals surface area contributed by atoms with Crippen molar-refractivity contribution in [3.63, 3.8) is 0 Å². The molecule has 0 saturated carbocycles. The first-order valence-corrected chi connectivity index (χ1v) is 6.75. The highest BCUT2D eigenvalue weighted by Crippen LogP contribution is 2.13. The van der Waals surface area contributed by atoms with Crippen molar-refractivity contribution < 1.29 is 4.79 Å². The van der Waals surface area contributed by atoms with Crippen LogP contribution in [0.5, 0.6) is 0 Å². The Morgan fingerprint density at radius 3 is 2.44 bits per heavy atom. The number of aryl methyl sites for hydroxylation is 2. The van der Waals surface area contributed by atoms with Gasteiger partial charge in [0.05, 0.1) is 5.75 Å². The van der Waals surface area contributed by atoms with Crippen molar-refractivity contribution in [1.82, 2.24) is 15.3 Å². The highest BCUT2D eigenvalue weighted by atomic mass is 32.2. The van der Waals surface area contributed by atoms with Crippen molar-refractivity contribution in [1.29, 1.82) is 0 Å². The predicted octanol–water partition coefficient (Wildman–Crippen LogP) is 1.04. The number of thioether (sulfide) groups is 1. The number of carbonyl (C=O) groups excluding carboxylic acids is 1. The van der Waals surface area contributed by atoms with Crippen LogP contribution in [0.3, 0.4) is 0 Å². The SMILES string of the molecule is Cc1cc(C)nc(SCC(=O)NCC(C)(C)N)n1. The van der Waals surface area contributed by atoms with E-state index in [0.717, 1.165) is 11.4 Å². The lowest BCUT2D eigenvalue weighted by atomic mass is 10.1. The van der Waals surface area contributed by atoms with Crippen molar-refractivity contribution in [2.45, 2.75) is 38.4 Å². The summed E-state index contributed by atoms with van der Waals surface area (Å²) in [5.74, 6) is 0.250. The second-order valence-corrected chi connectivity index (χ2v) is 5.93. The lowest BCUT2D eigenvalue weighted by Gasteiger charge is -2.18. The summed E-state index contributed by atoms with van der Waals surface area (Å²) in [6.45, 7) is 8.02. The smallest absolute Gasteiger partial charge is 0.230 e. The third-order valence-corrected chi connectivity index (χ3v) is 2.88. The second kappa shape index (κ2) is 6.15. The van der Waals surface area contributed by atoms with E-state index in [9.17, 15) is 4.79 Å². The lowest BCUT2D eigenvalue weighted by Crippen LogP contribution is -2.45. The van der Waals surface area contributed by atoms with Gasteiger partial charge in [-0.1, -0.05) is 11.8 Å². The molecule has 0 spiro atoms. The highest BCUT2D eigenvalue weighted by Gasteiger charge is 2.12. The predicted molar refractivity (Wildman–Crippen MR) is 73.5 cm³/mol. The van der Waals surface area contributed by atoms with E-state index in [1.54, 1.807) is 0 Å². The summed E-state index contributed by atoms with van der Waals surface area (Å²) < 4.78 is 0. The summed E-state index contributed by atoms with van der Waals surface area (Å²) in [6.07, 6.45) is 0. The largest absolute Gasteiger partial charge is 0.354 e. The van der Waals surface area contributed by atoms with Gasteiger partial charge in [-0.25, -0.2) is 9.97 Å². The Morgan fingerprint density at radius 2 is 1.94 bits per heavy atom. The molecule has 6 heteroatoms. The van der Waals surface area contributed by atoms with Gasteiger partial charge in [0.15, 0.2) is 5.16 Å². The fourth-order valence-corrected chi connectivity index (χ4v) is 2.04. The molecule has 0 radical (unpaired) electrons. The minimum Gasteiger partial charge on any atom is -0.354 e. The molecule has 1 heterocycles. The summed E-state index contributed by atoms with van der Waals surface area (Å²) in [5.41, 5.74) is 7.21.